The molecule has 1 aliphatic carbocycles. The zero-order valence-corrected chi connectivity index (χ0v) is 10.8. The monoisotopic (exact) mass is 242 g/mol. The molecule has 0 saturated heterocycles. The number of hydrogen-bond donors (Lipinski definition) is 1. The van der Waals surface area contributed by atoms with Gasteiger partial charge in [-0.15, -0.1) is 0 Å². The summed E-state index contributed by atoms with van der Waals surface area (Å²) in [6.07, 6.45) is 1.45. The maximum absolute atomic E-state index is 10.3. The van der Waals surface area contributed by atoms with E-state index in [0.29, 0.717) is 5.92 Å². The summed E-state index contributed by atoms with van der Waals surface area (Å²) >= 11 is 0. The maximum atomic E-state index is 10.3. The average Bonchev–Trinajstić information content (AvgIpc) is 2.65. The first-order valence-electron chi connectivity index (χ1n) is 6.41. The second kappa shape index (κ2) is 4.25. The van der Waals surface area contributed by atoms with Crippen molar-refractivity contribution in [2.45, 2.75) is 31.8 Å². The quantitative estimate of drug-likeness (QED) is 0.898. The second-order valence-electron chi connectivity index (χ2n) is 5.19. The van der Waals surface area contributed by atoms with Crippen LogP contribution in [0.2, 0.25) is 0 Å². The van der Waals surface area contributed by atoms with Crippen molar-refractivity contribution in [1.82, 2.24) is 9.78 Å². The molecule has 18 heavy (non-hydrogen) atoms. The van der Waals surface area contributed by atoms with Crippen LogP contribution in [0.15, 0.2) is 30.3 Å². The first-order chi connectivity index (χ1) is 8.65. The highest BCUT2D eigenvalue weighted by Gasteiger charge is 2.28. The van der Waals surface area contributed by atoms with Gasteiger partial charge in [-0.3, -0.25) is 4.68 Å². The van der Waals surface area contributed by atoms with Crippen molar-refractivity contribution in [2.75, 3.05) is 0 Å². The minimum Gasteiger partial charge on any atom is -0.387 e. The van der Waals surface area contributed by atoms with Crippen LogP contribution >= 0.6 is 0 Å². The molecule has 3 rings (SSSR count). The molecule has 1 aromatic carbocycles. The van der Waals surface area contributed by atoms with Gasteiger partial charge in [-0.05, 0) is 42.9 Å². The fourth-order valence-corrected chi connectivity index (χ4v) is 2.91. The van der Waals surface area contributed by atoms with Crippen molar-refractivity contribution >= 4 is 0 Å². The minimum atomic E-state index is -0.422. The molecule has 1 heterocycles. The average molecular weight is 242 g/mol. The number of benzene rings is 1. The van der Waals surface area contributed by atoms with Gasteiger partial charge in [-0.25, -0.2) is 0 Å². The predicted molar refractivity (Wildman–Crippen MR) is 70.4 cm³/mol. The Labute approximate surface area is 107 Å². The Balaban J connectivity index is 1.74. The van der Waals surface area contributed by atoms with E-state index in [2.05, 4.69) is 29.4 Å². The third kappa shape index (κ3) is 1.85. The van der Waals surface area contributed by atoms with Gasteiger partial charge >= 0.3 is 0 Å². The smallest absolute Gasteiger partial charge is 0.0962 e. The highest BCUT2D eigenvalue weighted by atomic mass is 16.3. The predicted octanol–water partition coefficient (Wildman–Crippen LogP) is 2.49. The molecule has 0 amide bonds. The second-order valence-corrected chi connectivity index (χ2v) is 5.19. The normalized spacial score (nSPS) is 19.2. The van der Waals surface area contributed by atoms with Gasteiger partial charge < -0.3 is 5.11 Å². The van der Waals surface area contributed by atoms with Crippen molar-refractivity contribution in [3.8, 4) is 0 Å². The lowest BCUT2D eigenvalue weighted by Gasteiger charge is -2.31. The van der Waals surface area contributed by atoms with Gasteiger partial charge in [0.1, 0.15) is 0 Å². The molecular weight excluding hydrogens is 224 g/mol. The van der Waals surface area contributed by atoms with Crippen molar-refractivity contribution in [3.05, 3.63) is 52.8 Å². The summed E-state index contributed by atoms with van der Waals surface area (Å²) in [5, 5.41) is 14.6. The molecule has 0 bridgehead atoms. The highest BCUT2D eigenvalue weighted by molar-refractivity contribution is 5.40. The number of aromatic nitrogens is 2. The SMILES string of the molecule is Cc1cc(C(O)CC2Cc3ccccc32)n(C)n1. The fourth-order valence-electron chi connectivity index (χ4n) is 2.91. The van der Waals surface area contributed by atoms with E-state index in [4.69, 9.17) is 0 Å². The van der Waals surface area contributed by atoms with E-state index in [1.165, 1.54) is 11.1 Å². The van der Waals surface area contributed by atoms with E-state index >= 15 is 0 Å². The van der Waals surface area contributed by atoms with E-state index in [1.807, 2.05) is 20.0 Å². The summed E-state index contributed by atoms with van der Waals surface area (Å²) < 4.78 is 1.78. The van der Waals surface area contributed by atoms with Crippen molar-refractivity contribution in [3.63, 3.8) is 0 Å². The fraction of sp³-hybridized carbons (Fsp3) is 0.400. The van der Waals surface area contributed by atoms with Gasteiger partial charge in [-0.1, -0.05) is 24.3 Å². The molecule has 1 N–H and O–H groups in total. The Hall–Kier alpha value is -1.61. The maximum Gasteiger partial charge on any atom is 0.0962 e. The van der Waals surface area contributed by atoms with Crippen LogP contribution in [0.25, 0.3) is 0 Å². The molecule has 0 fully saturated rings. The largest absolute Gasteiger partial charge is 0.387 e. The molecule has 2 unspecified atom stereocenters. The van der Waals surface area contributed by atoms with Crippen molar-refractivity contribution in [2.24, 2.45) is 7.05 Å². The highest BCUT2D eigenvalue weighted by Crippen LogP contribution is 2.40. The Morgan fingerprint density at radius 2 is 2.22 bits per heavy atom. The molecular formula is C15H18N2O. The van der Waals surface area contributed by atoms with E-state index in [0.717, 1.165) is 24.2 Å². The van der Waals surface area contributed by atoms with Gasteiger partial charge in [-0.2, -0.15) is 5.10 Å². The summed E-state index contributed by atoms with van der Waals surface area (Å²) in [6.45, 7) is 1.95. The lowest BCUT2D eigenvalue weighted by Crippen LogP contribution is -2.20. The summed E-state index contributed by atoms with van der Waals surface area (Å²) in [7, 11) is 1.89. The van der Waals surface area contributed by atoms with Crippen molar-refractivity contribution in [1.29, 1.82) is 0 Å². The van der Waals surface area contributed by atoms with Gasteiger partial charge in [0.2, 0.25) is 0 Å². The number of nitrogens with zero attached hydrogens (tertiary/aromatic N) is 2. The number of fused-ring (bicyclic) bond motifs is 1. The van der Waals surface area contributed by atoms with Crippen LogP contribution in [0.4, 0.5) is 0 Å². The van der Waals surface area contributed by atoms with E-state index in [9.17, 15) is 5.11 Å². The van der Waals surface area contributed by atoms with E-state index in [1.54, 1.807) is 4.68 Å². The van der Waals surface area contributed by atoms with E-state index < -0.39 is 6.10 Å². The molecule has 0 radical (unpaired) electrons. The molecule has 3 heteroatoms. The Morgan fingerprint density at radius 1 is 1.44 bits per heavy atom. The van der Waals surface area contributed by atoms with Crippen LogP contribution in [0.3, 0.4) is 0 Å². The van der Waals surface area contributed by atoms with Gasteiger partial charge in [0, 0.05) is 7.05 Å². The first kappa shape index (κ1) is 11.5. The van der Waals surface area contributed by atoms with Crippen LogP contribution in [-0.2, 0) is 13.5 Å². The topological polar surface area (TPSA) is 38.0 Å². The number of rotatable bonds is 3. The standard InChI is InChI=1S/C15H18N2O/c1-10-7-14(17(2)16-10)15(18)9-12-8-11-5-3-4-6-13(11)12/h3-7,12,15,18H,8-9H2,1-2H3. The third-order valence-electron chi connectivity index (χ3n) is 3.85. The van der Waals surface area contributed by atoms with Crippen LogP contribution in [0.5, 0.6) is 0 Å². The summed E-state index contributed by atoms with van der Waals surface area (Å²) in [4.78, 5) is 0. The Morgan fingerprint density at radius 3 is 2.89 bits per heavy atom. The molecule has 0 aliphatic heterocycles. The number of hydrogen-bond acceptors (Lipinski definition) is 2. The summed E-state index contributed by atoms with van der Waals surface area (Å²) in [5.74, 6) is 0.492. The summed E-state index contributed by atoms with van der Waals surface area (Å²) in [5.41, 5.74) is 4.70. The zero-order chi connectivity index (χ0) is 12.7. The summed E-state index contributed by atoms with van der Waals surface area (Å²) in [6, 6.07) is 10.5. The van der Waals surface area contributed by atoms with Gasteiger partial charge in [0.15, 0.2) is 0 Å². The van der Waals surface area contributed by atoms with Crippen LogP contribution in [-0.4, -0.2) is 14.9 Å². The minimum absolute atomic E-state index is 0.422. The first-order valence-corrected chi connectivity index (χ1v) is 6.41. The molecule has 1 aromatic heterocycles. The molecule has 94 valence electrons. The molecule has 2 aromatic rings. The lowest BCUT2D eigenvalue weighted by molar-refractivity contribution is 0.144. The molecule has 3 nitrogen and oxygen atoms in total. The number of aliphatic hydroxyl groups is 1. The molecule has 0 saturated carbocycles. The molecule has 0 spiro atoms. The molecule has 1 aliphatic rings. The number of aliphatic hydroxyl groups excluding tert-OH is 1. The van der Waals surface area contributed by atoms with E-state index in [-0.39, 0.29) is 0 Å². The zero-order valence-electron chi connectivity index (χ0n) is 10.8. The van der Waals surface area contributed by atoms with Gasteiger partial charge in [0.25, 0.3) is 0 Å². The van der Waals surface area contributed by atoms with Crippen molar-refractivity contribution < 1.29 is 5.11 Å². The van der Waals surface area contributed by atoms with Gasteiger partial charge in [0.05, 0.1) is 17.5 Å². The Bertz CT molecular complexity index is 574. The Kier molecular flexibility index (Phi) is 2.71. The lowest BCUT2D eigenvalue weighted by atomic mass is 9.74. The number of aryl methyl sites for hydroxylation is 2. The molecule has 2 atom stereocenters. The third-order valence-corrected chi connectivity index (χ3v) is 3.85. The van der Waals surface area contributed by atoms with Crippen LogP contribution in [0, 0.1) is 6.92 Å². The van der Waals surface area contributed by atoms with Crippen LogP contribution in [0.1, 0.15) is 41.0 Å². The van der Waals surface area contributed by atoms with Crippen LogP contribution < -0.4 is 0 Å².